The van der Waals surface area contributed by atoms with Gasteiger partial charge in [0.2, 0.25) is 0 Å². The highest BCUT2D eigenvalue weighted by atomic mass is 16.5. The number of rotatable bonds is 2. The predicted molar refractivity (Wildman–Crippen MR) is 80.5 cm³/mol. The van der Waals surface area contributed by atoms with Gasteiger partial charge in [-0.2, -0.15) is 0 Å². The van der Waals surface area contributed by atoms with E-state index >= 15 is 0 Å². The number of fused-ring (bicyclic) bond motifs is 3. The van der Waals surface area contributed by atoms with E-state index in [2.05, 4.69) is 13.8 Å². The van der Waals surface area contributed by atoms with Crippen molar-refractivity contribution in [2.24, 2.45) is 11.3 Å². The largest absolute Gasteiger partial charge is 0.474 e. The van der Waals surface area contributed by atoms with Crippen LogP contribution in [0.1, 0.15) is 40.0 Å². The zero-order valence-corrected chi connectivity index (χ0v) is 13.6. The molecule has 0 amide bonds. The summed E-state index contributed by atoms with van der Waals surface area (Å²) < 4.78 is 11.2. The van der Waals surface area contributed by atoms with Gasteiger partial charge >= 0.3 is 5.97 Å². The number of allylic oxidation sites excluding steroid dienone is 2. The fraction of sp³-hybridized carbons (Fsp3) is 0.647. The fourth-order valence-corrected chi connectivity index (χ4v) is 3.64. The van der Waals surface area contributed by atoms with E-state index in [0.717, 1.165) is 12.2 Å². The van der Waals surface area contributed by atoms with Crippen LogP contribution in [-0.2, 0) is 19.1 Å². The van der Waals surface area contributed by atoms with Crippen molar-refractivity contribution in [2.75, 3.05) is 13.7 Å². The summed E-state index contributed by atoms with van der Waals surface area (Å²) in [7, 11) is 1.89. The van der Waals surface area contributed by atoms with Crippen molar-refractivity contribution in [3.05, 3.63) is 23.1 Å². The molecular weight excluding hydrogens is 282 g/mol. The first-order chi connectivity index (χ1) is 10.3. The number of hydrogen-bond acceptors (Lipinski definition) is 5. The molecule has 2 atom stereocenters. The van der Waals surface area contributed by atoms with Crippen molar-refractivity contribution in [1.29, 1.82) is 0 Å². The molecule has 2 aliphatic heterocycles. The topological polar surface area (TPSA) is 55.8 Å². The lowest BCUT2D eigenvalue weighted by Crippen LogP contribution is -2.46. The number of nitrogens with zero attached hydrogens (tertiary/aromatic N) is 1. The number of ether oxygens (including phenoxy) is 2. The summed E-state index contributed by atoms with van der Waals surface area (Å²) >= 11 is 0. The van der Waals surface area contributed by atoms with E-state index in [1.54, 1.807) is 13.1 Å². The molecule has 0 N–H and O–H groups in total. The maximum atomic E-state index is 12.6. The molecule has 22 heavy (non-hydrogen) atoms. The van der Waals surface area contributed by atoms with Gasteiger partial charge in [-0.05, 0) is 12.3 Å². The highest BCUT2D eigenvalue weighted by molar-refractivity contribution is 6.01. The molecule has 0 fully saturated rings. The maximum absolute atomic E-state index is 12.6. The molecule has 5 nitrogen and oxygen atoms in total. The molecule has 2 heterocycles. The zero-order valence-electron chi connectivity index (χ0n) is 13.6. The van der Waals surface area contributed by atoms with Gasteiger partial charge in [-0.25, -0.2) is 4.79 Å². The van der Waals surface area contributed by atoms with E-state index < -0.39 is 0 Å². The standard InChI is InChI=1S/C17H23NO4/c1-5-21-16(20)11-9-18(4)14-6-10(11)15-12(19)7-17(2,3)8-13(15)22-14/h9-10,14H,5-8H2,1-4H3/t10-,14+/m0/s1. The summed E-state index contributed by atoms with van der Waals surface area (Å²) in [6.45, 7) is 6.28. The minimum atomic E-state index is -0.329. The highest BCUT2D eigenvalue weighted by Gasteiger charge is 2.46. The summed E-state index contributed by atoms with van der Waals surface area (Å²) in [5, 5.41) is 0. The average Bonchev–Trinajstić information content (AvgIpc) is 2.40. The van der Waals surface area contributed by atoms with Gasteiger partial charge in [0, 0.05) is 44.0 Å². The van der Waals surface area contributed by atoms with Gasteiger partial charge < -0.3 is 14.4 Å². The molecule has 2 bridgehead atoms. The molecule has 0 aromatic rings. The minimum absolute atomic E-state index is 0.0894. The maximum Gasteiger partial charge on any atom is 0.336 e. The van der Waals surface area contributed by atoms with E-state index in [1.165, 1.54) is 0 Å². The van der Waals surface area contributed by atoms with Crippen molar-refractivity contribution >= 4 is 11.8 Å². The monoisotopic (exact) mass is 305 g/mol. The molecule has 0 spiro atoms. The Morgan fingerprint density at radius 1 is 1.45 bits per heavy atom. The lowest BCUT2D eigenvalue weighted by molar-refractivity contribution is -0.140. The van der Waals surface area contributed by atoms with Crippen LogP contribution in [0.4, 0.5) is 0 Å². The Hall–Kier alpha value is -1.78. The molecule has 3 aliphatic rings. The normalized spacial score (nSPS) is 29.5. The first-order valence-corrected chi connectivity index (χ1v) is 7.86. The first-order valence-electron chi connectivity index (χ1n) is 7.86. The van der Waals surface area contributed by atoms with Crippen LogP contribution in [0.15, 0.2) is 23.1 Å². The first kappa shape index (κ1) is 15.1. The highest BCUT2D eigenvalue weighted by Crippen LogP contribution is 2.47. The van der Waals surface area contributed by atoms with Crippen molar-refractivity contribution in [3.8, 4) is 0 Å². The quantitative estimate of drug-likeness (QED) is 0.733. The molecule has 0 aromatic carbocycles. The van der Waals surface area contributed by atoms with Crippen LogP contribution in [-0.4, -0.2) is 36.5 Å². The molecular formula is C17H23NO4. The molecule has 0 aromatic heterocycles. The zero-order chi connectivity index (χ0) is 16.1. The van der Waals surface area contributed by atoms with Crippen LogP contribution < -0.4 is 0 Å². The molecule has 120 valence electrons. The van der Waals surface area contributed by atoms with Crippen LogP contribution in [0.5, 0.6) is 0 Å². The average molecular weight is 305 g/mol. The summed E-state index contributed by atoms with van der Waals surface area (Å²) in [4.78, 5) is 26.8. The number of esters is 1. The second-order valence-corrected chi connectivity index (χ2v) is 7.11. The van der Waals surface area contributed by atoms with Crippen molar-refractivity contribution in [2.45, 2.75) is 46.3 Å². The third-order valence-corrected chi connectivity index (χ3v) is 4.63. The van der Waals surface area contributed by atoms with E-state index in [1.807, 2.05) is 11.9 Å². The number of carbonyl (C=O) groups excluding carboxylic acids is 2. The second-order valence-electron chi connectivity index (χ2n) is 7.11. The van der Waals surface area contributed by atoms with Gasteiger partial charge in [-0.3, -0.25) is 4.79 Å². The number of Topliss-reactive ketones (excluding diaryl/α,β-unsaturated/α-hetero) is 1. The molecule has 0 unspecified atom stereocenters. The predicted octanol–water partition coefficient (Wildman–Crippen LogP) is 2.38. The van der Waals surface area contributed by atoms with E-state index in [9.17, 15) is 9.59 Å². The summed E-state index contributed by atoms with van der Waals surface area (Å²) in [5.74, 6) is 0.357. The molecule has 5 heteroatoms. The number of hydrogen-bond donors (Lipinski definition) is 0. The van der Waals surface area contributed by atoms with Crippen LogP contribution in [0.3, 0.4) is 0 Å². The van der Waals surface area contributed by atoms with Gasteiger partial charge in [-0.1, -0.05) is 13.8 Å². The fourth-order valence-electron chi connectivity index (χ4n) is 3.64. The van der Waals surface area contributed by atoms with E-state index in [4.69, 9.17) is 9.47 Å². The van der Waals surface area contributed by atoms with Crippen LogP contribution in [0, 0.1) is 11.3 Å². The van der Waals surface area contributed by atoms with Crippen molar-refractivity contribution in [1.82, 2.24) is 4.90 Å². The van der Waals surface area contributed by atoms with Gasteiger partial charge in [0.1, 0.15) is 5.76 Å². The lowest BCUT2D eigenvalue weighted by Gasteiger charge is -2.45. The molecule has 0 radical (unpaired) electrons. The van der Waals surface area contributed by atoms with Crippen LogP contribution in [0.2, 0.25) is 0 Å². The Bertz CT molecular complexity index is 587. The Kier molecular flexibility index (Phi) is 3.54. The van der Waals surface area contributed by atoms with Gasteiger partial charge in [-0.15, -0.1) is 0 Å². The third kappa shape index (κ3) is 2.42. The Morgan fingerprint density at radius 3 is 2.86 bits per heavy atom. The molecule has 0 saturated carbocycles. The number of ketones is 1. The van der Waals surface area contributed by atoms with Crippen LogP contribution in [0.25, 0.3) is 0 Å². The smallest absolute Gasteiger partial charge is 0.336 e. The van der Waals surface area contributed by atoms with Gasteiger partial charge in [0.05, 0.1) is 12.2 Å². The van der Waals surface area contributed by atoms with Crippen LogP contribution >= 0.6 is 0 Å². The van der Waals surface area contributed by atoms with E-state index in [0.29, 0.717) is 30.6 Å². The Morgan fingerprint density at radius 2 is 2.18 bits per heavy atom. The summed E-state index contributed by atoms with van der Waals surface area (Å²) in [6.07, 6.45) is 3.54. The SMILES string of the molecule is CCOC(=O)C1=CN(C)[C@H]2C[C@@H]1C1=C(CC(C)(C)CC1=O)O2. The van der Waals surface area contributed by atoms with Gasteiger partial charge in [0.15, 0.2) is 12.0 Å². The third-order valence-electron chi connectivity index (χ3n) is 4.63. The molecule has 3 rings (SSSR count). The lowest BCUT2D eigenvalue weighted by atomic mass is 9.70. The van der Waals surface area contributed by atoms with E-state index in [-0.39, 0.29) is 29.3 Å². The minimum Gasteiger partial charge on any atom is -0.474 e. The Labute approximate surface area is 130 Å². The summed E-state index contributed by atoms with van der Waals surface area (Å²) in [6, 6.07) is 0. The van der Waals surface area contributed by atoms with Crippen molar-refractivity contribution in [3.63, 3.8) is 0 Å². The second kappa shape index (κ2) is 5.14. The van der Waals surface area contributed by atoms with Gasteiger partial charge in [0.25, 0.3) is 0 Å². The summed E-state index contributed by atoms with van der Waals surface area (Å²) in [5.41, 5.74) is 1.18. The Balaban J connectivity index is 2.02. The molecule has 1 aliphatic carbocycles. The molecule has 0 saturated heterocycles. The number of carbonyl (C=O) groups is 2. The van der Waals surface area contributed by atoms with Crippen molar-refractivity contribution < 1.29 is 19.1 Å².